The molecule has 4 heterocycles. The summed E-state index contributed by atoms with van der Waals surface area (Å²) in [4.78, 5) is 21.0. The summed E-state index contributed by atoms with van der Waals surface area (Å²) in [5, 5.41) is 4.24. The number of ether oxygens (including phenoxy) is 1. The van der Waals surface area contributed by atoms with Crippen LogP contribution in [0.25, 0.3) is 11.2 Å². The van der Waals surface area contributed by atoms with Gasteiger partial charge in [0.2, 0.25) is 5.95 Å². The minimum Gasteiger partial charge on any atom is -0.370 e. The number of halogens is 3. The van der Waals surface area contributed by atoms with Crippen LogP contribution in [0.4, 0.5) is 19.1 Å². The molecule has 2 aliphatic rings. The number of hydrogen-bond donors (Lipinski definition) is 0. The van der Waals surface area contributed by atoms with Crippen molar-refractivity contribution in [3.05, 3.63) is 35.0 Å². The van der Waals surface area contributed by atoms with Crippen molar-refractivity contribution in [2.75, 3.05) is 24.6 Å². The van der Waals surface area contributed by atoms with Crippen LogP contribution in [0.5, 0.6) is 0 Å². The van der Waals surface area contributed by atoms with Gasteiger partial charge in [-0.1, -0.05) is 0 Å². The highest BCUT2D eigenvalue weighted by Gasteiger charge is 2.42. The van der Waals surface area contributed by atoms with Crippen molar-refractivity contribution in [3.8, 4) is 0 Å². The smallest absolute Gasteiger partial charge is 0.370 e. The van der Waals surface area contributed by atoms with Gasteiger partial charge in [-0.25, -0.2) is 15.0 Å². The molecule has 8 nitrogen and oxygen atoms in total. The fourth-order valence-electron chi connectivity index (χ4n) is 4.88. The summed E-state index contributed by atoms with van der Waals surface area (Å²) in [5.41, 5.74) is 4.33. The van der Waals surface area contributed by atoms with Gasteiger partial charge in [-0.3, -0.25) is 4.68 Å². The number of nitrogens with zero attached hydrogens (tertiary/aromatic N) is 7. The van der Waals surface area contributed by atoms with Gasteiger partial charge in [0, 0.05) is 31.3 Å². The molecule has 1 saturated heterocycles. The first kappa shape index (κ1) is 22.9. The molecule has 1 aliphatic heterocycles. The van der Waals surface area contributed by atoms with E-state index >= 15 is 0 Å². The second-order valence-corrected chi connectivity index (χ2v) is 9.32. The SMILES string of the molecule is Cc1nc2nc(N3CCO[C@H](c4cnn(C)c4)C3)nc([C@H]3CC[C@@H](C(F)(F)F)CC3)c2nc1C. The van der Waals surface area contributed by atoms with Crippen LogP contribution in [0.1, 0.15) is 60.4 Å². The largest absolute Gasteiger partial charge is 0.391 e. The first-order valence-corrected chi connectivity index (χ1v) is 11.6. The highest BCUT2D eigenvalue weighted by molar-refractivity contribution is 5.75. The van der Waals surface area contributed by atoms with Crippen LogP contribution in [-0.4, -0.2) is 55.6 Å². The summed E-state index contributed by atoms with van der Waals surface area (Å²) in [6.45, 7) is 5.42. The van der Waals surface area contributed by atoms with E-state index in [1.54, 1.807) is 10.9 Å². The Morgan fingerprint density at radius 2 is 1.74 bits per heavy atom. The second kappa shape index (κ2) is 8.75. The van der Waals surface area contributed by atoms with Gasteiger partial charge in [0.15, 0.2) is 5.65 Å². The lowest BCUT2D eigenvalue weighted by Gasteiger charge is -2.34. The van der Waals surface area contributed by atoms with Gasteiger partial charge >= 0.3 is 6.18 Å². The van der Waals surface area contributed by atoms with Gasteiger partial charge in [-0.05, 0) is 39.5 Å². The molecule has 0 unspecified atom stereocenters. The Labute approximate surface area is 195 Å². The standard InChI is InChI=1S/C23H28F3N7O/c1-13-14(2)29-21-20(28-13)19(15-4-6-17(7-5-15)23(24,25)26)30-22(31-21)33-8-9-34-18(12-33)16-10-27-32(3)11-16/h10-11,15,17-18H,4-9,12H2,1-3H3/t15-,17+,18-/m0/s1. The Kier molecular flexibility index (Phi) is 5.91. The van der Waals surface area contributed by atoms with E-state index in [1.807, 2.05) is 27.1 Å². The zero-order chi connectivity index (χ0) is 24.0. The zero-order valence-electron chi connectivity index (χ0n) is 19.5. The highest BCUT2D eigenvalue weighted by Crippen LogP contribution is 2.43. The number of aryl methyl sites for hydroxylation is 3. The number of alkyl halides is 3. The molecule has 34 heavy (non-hydrogen) atoms. The van der Waals surface area contributed by atoms with E-state index < -0.39 is 12.1 Å². The fraction of sp³-hybridized carbons (Fsp3) is 0.609. The van der Waals surface area contributed by atoms with Crippen LogP contribution in [-0.2, 0) is 11.8 Å². The Balaban J connectivity index is 1.49. The van der Waals surface area contributed by atoms with Gasteiger partial charge in [-0.15, -0.1) is 0 Å². The number of aromatic nitrogens is 6. The van der Waals surface area contributed by atoms with E-state index in [-0.39, 0.29) is 24.9 Å². The maximum Gasteiger partial charge on any atom is 0.391 e. The van der Waals surface area contributed by atoms with Crippen molar-refractivity contribution in [3.63, 3.8) is 0 Å². The predicted molar refractivity (Wildman–Crippen MR) is 119 cm³/mol. The average molecular weight is 476 g/mol. The molecule has 1 saturated carbocycles. The third-order valence-electron chi connectivity index (χ3n) is 6.98. The summed E-state index contributed by atoms with van der Waals surface area (Å²) in [7, 11) is 1.86. The average Bonchev–Trinajstić information content (AvgIpc) is 3.25. The molecular weight excluding hydrogens is 447 g/mol. The van der Waals surface area contributed by atoms with E-state index in [0.29, 0.717) is 55.3 Å². The Hall–Kier alpha value is -2.82. The molecule has 0 N–H and O–H groups in total. The van der Waals surface area contributed by atoms with E-state index in [4.69, 9.17) is 19.7 Å². The van der Waals surface area contributed by atoms with Crippen molar-refractivity contribution in [1.82, 2.24) is 29.7 Å². The molecule has 3 aromatic rings. The molecule has 0 radical (unpaired) electrons. The monoisotopic (exact) mass is 475 g/mol. The topological polar surface area (TPSA) is 81.9 Å². The van der Waals surface area contributed by atoms with E-state index in [2.05, 4.69) is 15.0 Å². The lowest BCUT2D eigenvalue weighted by atomic mass is 9.80. The molecule has 1 aliphatic carbocycles. The molecule has 0 aromatic carbocycles. The summed E-state index contributed by atoms with van der Waals surface area (Å²) < 4.78 is 47.4. The van der Waals surface area contributed by atoms with Gasteiger partial charge in [-0.2, -0.15) is 23.3 Å². The first-order chi connectivity index (χ1) is 16.2. The van der Waals surface area contributed by atoms with Gasteiger partial charge in [0.1, 0.15) is 11.6 Å². The van der Waals surface area contributed by atoms with Crippen LogP contribution in [0.3, 0.4) is 0 Å². The molecule has 0 spiro atoms. The molecule has 3 aromatic heterocycles. The second-order valence-electron chi connectivity index (χ2n) is 9.32. The Morgan fingerprint density at radius 3 is 2.41 bits per heavy atom. The van der Waals surface area contributed by atoms with Crippen molar-refractivity contribution in [1.29, 1.82) is 0 Å². The van der Waals surface area contributed by atoms with Gasteiger partial charge in [0.25, 0.3) is 0 Å². The molecular formula is C23H28F3N7O. The third-order valence-corrected chi connectivity index (χ3v) is 6.98. The van der Waals surface area contributed by atoms with Crippen molar-refractivity contribution in [2.24, 2.45) is 13.0 Å². The first-order valence-electron chi connectivity index (χ1n) is 11.6. The van der Waals surface area contributed by atoms with Crippen molar-refractivity contribution < 1.29 is 17.9 Å². The quantitative estimate of drug-likeness (QED) is 0.562. The van der Waals surface area contributed by atoms with E-state index in [0.717, 1.165) is 17.0 Å². The molecule has 11 heteroatoms. The summed E-state index contributed by atoms with van der Waals surface area (Å²) in [6, 6.07) is 0. The highest BCUT2D eigenvalue weighted by atomic mass is 19.4. The summed E-state index contributed by atoms with van der Waals surface area (Å²) in [6.07, 6.45) is 0.458. The fourth-order valence-corrected chi connectivity index (χ4v) is 4.88. The Bertz CT molecular complexity index is 1190. The lowest BCUT2D eigenvalue weighted by Crippen LogP contribution is -2.39. The maximum atomic E-state index is 13.2. The van der Waals surface area contributed by atoms with Crippen LogP contribution < -0.4 is 4.90 Å². The number of fused-ring (bicyclic) bond motifs is 1. The molecule has 1 atom stereocenters. The molecule has 0 bridgehead atoms. The number of anilines is 1. The van der Waals surface area contributed by atoms with Crippen molar-refractivity contribution in [2.45, 2.75) is 57.7 Å². The summed E-state index contributed by atoms with van der Waals surface area (Å²) in [5.74, 6) is -0.824. The minimum absolute atomic E-state index is 0.102. The van der Waals surface area contributed by atoms with Crippen LogP contribution >= 0.6 is 0 Å². The molecule has 5 rings (SSSR count). The van der Waals surface area contributed by atoms with Crippen molar-refractivity contribution >= 4 is 17.1 Å². The van der Waals surface area contributed by atoms with Gasteiger partial charge in [0.05, 0.1) is 42.3 Å². The zero-order valence-corrected chi connectivity index (χ0v) is 19.5. The number of hydrogen-bond acceptors (Lipinski definition) is 7. The van der Waals surface area contributed by atoms with Crippen LogP contribution in [0, 0.1) is 19.8 Å². The molecule has 182 valence electrons. The van der Waals surface area contributed by atoms with E-state index in [9.17, 15) is 13.2 Å². The predicted octanol–water partition coefficient (Wildman–Crippen LogP) is 4.18. The number of rotatable bonds is 3. The number of morpholine rings is 1. The lowest BCUT2D eigenvalue weighted by molar-refractivity contribution is -0.182. The van der Waals surface area contributed by atoms with Crippen LogP contribution in [0.15, 0.2) is 12.4 Å². The minimum atomic E-state index is -4.15. The molecule has 2 fully saturated rings. The Morgan fingerprint density at radius 1 is 1.00 bits per heavy atom. The molecule has 0 amide bonds. The third kappa shape index (κ3) is 4.45. The van der Waals surface area contributed by atoms with E-state index in [1.165, 1.54) is 0 Å². The van der Waals surface area contributed by atoms with Gasteiger partial charge < -0.3 is 9.64 Å². The normalized spacial score (nSPS) is 24.1. The maximum absolute atomic E-state index is 13.2. The summed E-state index contributed by atoms with van der Waals surface area (Å²) >= 11 is 0. The van der Waals surface area contributed by atoms with Crippen LogP contribution in [0.2, 0.25) is 0 Å².